The monoisotopic (exact) mass is 330 g/mol. The van der Waals surface area contributed by atoms with Crippen molar-refractivity contribution < 1.29 is 23.1 Å². The van der Waals surface area contributed by atoms with Gasteiger partial charge in [-0.2, -0.15) is 13.2 Å². The third-order valence-corrected chi connectivity index (χ3v) is 4.05. The minimum absolute atomic E-state index is 0.0326. The summed E-state index contributed by atoms with van der Waals surface area (Å²) in [5, 5.41) is 9.15. The van der Waals surface area contributed by atoms with Gasteiger partial charge in [0, 0.05) is 25.3 Å². The van der Waals surface area contributed by atoms with Gasteiger partial charge in [0.1, 0.15) is 0 Å². The van der Waals surface area contributed by atoms with Gasteiger partial charge in [0.05, 0.1) is 19.1 Å². The molecule has 1 N–H and O–H groups in total. The Bertz CT molecular complexity index is 508. The fourth-order valence-electron chi connectivity index (χ4n) is 2.79. The second-order valence-electron chi connectivity index (χ2n) is 5.70. The van der Waals surface area contributed by atoms with Crippen molar-refractivity contribution in [1.82, 2.24) is 4.90 Å². The van der Waals surface area contributed by atoms with E-state index in [4.69, 9.17) is 5.11 Å². The molecule has 1 atom stereocenters. The molecule has 0 radical (unpaired) electrons. The minimum Gasteiger partial charge on any atom is -0.395 e. The van der Waals surface area contributed by atoms with Gasteiger partial charge in [-0.1, -0.05) is 18.2 Å². The number of amides is 1. The molecule has 7 heteroatoms. The molecule has 1 amide bonds. The summed E-state index contributed by atoms with van der Waals surface area (Å²) < 4.78 is 38.5. The van der Waals surface area contributed by atoms with Crippen molar-refractivity contribution in [1.29, 1.82) is 0 Å². The molecule has 1 fully saturated rings. The lowest BCUT2D eigenvalue weighted by Gasteiger charge is -2.35. The first-order valence-corrected chi connectivity index (χ1v) is 7.67. The molecule has 1 heterocycles. The number of hydrogen-bond acceptors (Lipinski definition) is 3. The number of aliphatic hydroxyl groups excluding tert-OH is 1. The van der Waals surface area contributed by atoms with Crippen LogP contribution >= 0.6 is 0 Å². The van der Waals surface area contributed by atoms with E-state index in [0.29, 0.717) is 13.0 Å². The highest BCUT2D eigenvalue weighted by atomic mass is 19.4. The highest BCUT2D eigenvalue weighted by Gasteiger charge is 2.42. The Hall–Kier alpha value is -1.76. The number of likely N-dealkylation sites (tertiary alicyclic amines) is 1. The number of carbonyl (C=O) groups excluding carboxylic acids is 1. The van der Waals surface area contributed by atoms with Gasteiger partial charge < -0.3 is 14.9 Å². The average Bonchev–Trinajstić information content (AvgIpc) is 2.54. The molecule has 4 nitrogen and oxygen atoms in total. The molecule has 1 aromatic carbocycles. The quantitative estimate of drug-likeness (QED) is 0.901. The first-order chi connectivity index (χ1) is 10.9. The topological polar surface area (TPSA) is 43.8 Å². The Balaban J connectivity index is 2.01. The van der Waals surface area contributed by atoms with Crippen molar-refractivity contribution >= 4 is 11.6 Å². The summed E-state index contributed by atoms with van der Waals surface area (Å²) in [5.74, 6) is -1.78. The smallest absolute Gasteiger partial charge is 0.393 e. The number of hydrogen-bond donors (Lipinski definition) is 1. The van der Waals surface area contributed by atoms with Crippen molar-refractivity contribution in [2.75, 3.05) is 37.7 Å². The third-order valence-electron chi connectivity index (χ3n) is 4.05. The van der Waals surface area contributed by atoms with E-state index >= 15 is 0 Å². The van der Waals surface area contributed by atoms with Gasteiger partial charge in [0.15, 0.2) is 0 Å². The van der Waals surface area contributed by atoms with E-state index in [1.807, 2.05) is 18.2 Å². The zero-order chi connectivity index (χ0) is 16.9. The Morgan fingerprint density at radius 2 is 2.00 bits per heavy atom. The van der Waals surface area contributed by atoms with Crippen LogP contribution in [-0.4, -0.2) is 54.9 Å². The summed E-state index contributed by atoms with van der Waals surface area (Å²) in [6.45, 7) is 0.173. The van der Waals surface area contributed by atoms with Gasteiger partial charge in [-0.15, -0.1) is 0 Å². The summed E-state index contributed by atoms with van der Waals surface area (Å²) in [7, 11) is 0. The summed E-state index contributed by atoms with van der Waals surface area (Å²) in [5.41, 5.74) is 0.763. The Labute approximate surface area is 133 Å². The van der Waals surface area contributed by atoms with Crippen LogP contribution in [0.1, 0.15) is 12.8 Å². The van der Waals surface area contributed by atoms with Crippen LogP contribution in [-0.2, 0) is 4.79 Å². The van der Waals surface area contributed by atoms with Crippen LogP contribution in [0, 0.1) is 5.92 Å². The maximum absolute atomic E-state index is 12.8. The van der Waals surface area contributed by atoms with Crippen LogP contribution in [0.5, 0.6) is 0 Å². The largest absolute Gasteiger partial charge is 0.395 e. The lowest BCUT2D eigenvalue weighted by molar-refractivity contribution is -0.187. The van der Waals surface area contributed by atoms with Crippen LogP contribution in [0.2, 0.25) is 0 Å². The van der Waals surface area contributed by atoms with E-state index in [1.54, 1.807) is 17.0 Å². The van der Waals surface area contributed by atoms with Crippen molar-refractivity contribution in [3.05, 3.63) is 30.3 Å². The standard InChI is InChI=1S/C16H21F3N2O2/c17-16(18,19)13-5-4-8-21(11-13)15(23)12-20(9-10-22)14-6-2-1-3-7-14/h1-3,6-7,13,22H,4-5,8-12H2/t13-/m1/s1. The fourth-order valence-corrected chi connectivity index (χ4v) is 2.79. The van der Waals surface area contributed by atoms with Crippen molar-refractivity contribution in [2.45, 2.75) is 19.0 Å². The minimum atomic E-state index is -4.26. The van der Waals surface area contributed by atoms with Crippen molar-refractivity contribution in [2.24, 2.45) is 5.92 Å². The van der Waals surface area contributed by atoms with Crippen LogP contribution < -0.4 is 4.90 Å². The van der Waals surface area contributed by atoms with E-state index in [1.165, 1.54) is 4.90 Å². The molecule has 0 saturated carbocycles. The highest BCUT2D eigenvalue weighted by Crippen LogP contribution is 2.33. The van der Waals surface area contributed by atoms with Gasteiger partial charge in [-0.25, -0.2) is 0 Å². The molecular weight excluding hydrogens is 309 g/mol. The van der Waals surface area contributed by atoms with Crippen LogP contribution in [0.4, 0.5) is 18.9 Å². The summed E-state index contributed by atoms with van der Waals surface area (Å²) in [6.07, 6.45) is -3.82. The first-order valence-electron chi connectivity index (χ1n) is 7.67. The predicted molar refractivity (Wildman–Crippen MR) is 81.1 cm³/mol. The van der Waals surface area contributed by atoms with E-state index in [9.17, 15) is 18.0 Å². The number of piperidine rings is 1. The van der Waals surface area contributed by atoms with Gasteiger partial charge in [0.25, 0.3) is 0 Å². The van der Waals surface area contributed by atoms with Crippen LogP contribution in [0.25, 0.3) is 0 Å². The van der Waals surface area contributed by atoms with Gasteiger partial charge in [0.2, 0.25) is 5.91 Å². The molecule has 0 spiro atoms. The number of benzene rings is 1. The molecular formula is C16H21F3N2O2. The van der Waals surface area contributed by atoms with E-state index in [-0.39, 0.29) is 38.6 Å². The molecule has 23 heavy (non-hydrogen) atoms. The summed E-state index contributed by atoms with van der Waals surface area (Å²) in [6, 6.07) is 9.06. The number of alkyl halides is 3. The molecule has 0 bridgehead atoms. The number of rotatable bonds is 5. The van der Waals surface area contributed by atoms with Crippen molar-refractivity contribution in [3.63, 3.8) is 0 Å². The van der Waals surface area contributed by atoms with Crippen molar-refractivity contribution in [3.8, 4) is 0 Å². The lowest BCUT2D eigenvalue weighted by Crippen LogP contribution is -2.48. The SMILES string of the molecule is O=C(CN(CCO)c1ccccc1)N1CCC[C@@H](C(F)(F)F)C1. The molecule has 0 unspecified atom stereocenters. The number of para-hydroxylation sites is 1. The number of halogens is 3. The zero-order valence-corrected chi connectivity index (χ0v) is 12.8. The number of nitrogens with zero attached hydrogens (tertiary/aromatic N) is 2. The lowest BCUT2D eigenvalue weighted by atomic mass is 9.97. The third kappa shape index (κ3) is 4.86. The predicted octanol–water partition coefficient (Wildman–Crippen LogP) is 2.29. The van der Waals surface area contributed by atoms with Crippen LogP contribution in [0.3, 0.4) is 0 Å². The zero-order valence-electron chi connectivity index (χ0n) is 12.8. The fraction of sp³-hybridized carbons (Fsp3) is 0.562. The van der Waals surface area contributed by atoms with Gasteiger partial charge in [-0.3, -0.25) is 4.79 Å². The molecule has 1 aliphatic heterocycles. The normalized spacial score (nSPS) is 18.8. The number of anilines is 1. The highest BCUT2D eigenvalue weighted by molar-refractivity contribution is 5.81. The second kappa shape index (κ2) is 7.68. The maximum Gasteiger partial charge on any atom is 0.393 e. The average molecular weight is 330 g/mol. The summed E-state index contributed by atoms with van der Waals surface area (Å²) >= 11 is 0. The Morgan fingerprint density at radius 3 is 2.61 bits per heavy atom. The molecule has 2 rings (SSSR count). The summed E-state index contributed by atoms with van der Waals surface area (Å²) in [4.78, 5) is 15.3. The Morgan fingerprint density at radius 1 is 1.30 bits per heavy atom. The van der Waals surface area contributed by atoms with Crippen LogP contribution in [0.15, 0.2) is 30.3 Å². The molecule has 1 saturated heterocycles. The molecule has 0 aromatic heterocycles. The van der Waals surface area contributed by atoms with E-state index < -0.39 is 12.1 Å². The molecule has 128 valence electrons. The van der Waals surface area contributed by atoms with Gasteiger partial charge >= 0.3 is 6.18 Å². The number of carbonyl (C=O) groups is 1. The van der Waals surface area contributed by atoms with E-state index in [0.717, 1.165) is 5.69 Å². The Kier molecular flexibility index (Phi) is 5.87. The number of aliphatic hydroxyl groups is 1. The van der Waals surface area contributed by atoms with Gasteiger partial charge in [-0.05, 0) is 25.0 Å². The van der Waals surface area contributed by atoms with E-state index in [2.05, 4.69) is 0 Å². The molecule has 1 aromatic rings. The molecule has 0 aliphatic carbocycles. The maximum atomic E-state index is 12.8. The molecule has 1 aliphatic rings. The second-order valence-corrected chi connectivity index (χ2v) is 5.70. The first kappa shape index (κ1) is 17.6.